The SMILES string of the molecule is CN(Cc1ccco1)S(=O)(=O)c1ccc(F)c(N)c1. The van der Waals surface area contributed by atoms with Crippen molar-refractivity contribution >= 4 is 15.7 Å². The van der Waals surface area contributed by atoms with Gasteiger partial charge in [0.05, 0.1) is 23.4 Å². The lowest BCUT2D eigenvalue weighted by Gasteiger charge is -2.16. The van der Waals surface area contributed by atoms with Crippen molar-refractivity contribution in [3.8, 4) is 0 Å². The molecule has 0 atom stereocenters. The maximum atomic E-state index is 13.0. The van der Waals surface area contributed by atoms with Gasteiger partial charge in [-0.25, -0.2) is 12.8 Å². The molecule has 0 radical (unpaired) electrons. The van der Waals surface area contributed by atoms with E-state index in [0.717, 1.165) is 16.4 Å². The summed E-state index contributed by atoms with van der Waals surface area (Å²) >= 11 is 0. The minimum Gasteiger partial charge on any atom is -0.468 e. The van der Waals surface area contributed by atoms with Gasteiger partial charge in [-0.3, -0.25) is 0 Å². The summed E-state index contributed by atoms with van der Waals surface area (Å²) in [4.78, 5) is -0.0551. The second-order valence-electron chi connectivity index (χ2n) is 4.02. The van der Waals surface area contributed by atoms with Crippen molar-refractivity contribution in [3.63, 3.8) is 0 Å². The zero-order valence-electron chi connectivity index (χ0n) is 10.2. The molecular weight excluding hydrogens is 271 g/mol. The smallest absolute Gasteiger partial charge is 0.243 e. The molecule has 0 aliphatic carbocycles. The lowest BCUT2D eigenvalue weighted by Crippen LogP contribution is -2.26. The van der Waals surface area contributed by atoms with Crippen LogP contribution in [0.2, 0.25) is 0 Å². The zero-order chi connectivity index (χ0) is 14.0. The molecule has 0 spiro atoms. The Balaban J connectivity index is 2.28. The van der Waals surface area contributed by atoms with E-state index in [2.05, 4.69) is 0 Å². The van der Waals surface area contributed by atoms with Gasteiger partial charge in [-0.05, 0) is 30.3 Å². The summed E-state index contributed by atoms with van der Waals surface area (Å²) in [7, 11) is -2.31. The zero-order valence-corrected chi connectivity index (χ0v) is 11.0. The summed E-state index contributed by atoms with van der Waals surface area (Å²) in [6.45, 7) is 0.0899. The van der Waals surface area contributed by atoms with Gasteiger partial charge in [0.1, 0.15) is 11.6 Å². The van der Waals surface area contributed by atoms with Gasteiger partial charge in [-0.2, -0.15) is 4.31 Å². The fourth-order valence-electron chi connectivity index (χ4n) is 1.57. The molecule has 0 saturated carbocycles. The summed E-state index contributed by atoms with van der Waals surface area (Å²) in [5, 5.41) is 0. The third-order valence-corrected chi connectivity index (χ3v) is 4.43. The minimum atomic E-state index is -3.73. The summed E-state index contributed by atoms with van der Waals surface area (Å²) < 4.78 is 43.7. The number of anilines is 1. The number of nitrogen functional groups attached to an aromatic ring is 1. The van der Waals surface area contributed by atoms with E-state index in [9.17, 15) is 12.8 Å². The van der Waals surface area contributed by atoms with Crippen molar-refractivity contribution < 1.29 is 17.2 Å². The topological polar surface area (TPSA) is 76.5 Å². The molecule has 0 amide bonds. The number of nitrogens with two attached hydrogens (primary N) is 1. The Kier molecular flexibility index (Phi) is 3.59. The van der Waals surface area contributed by atoms with Gasteiger partial charge in [-0.15, -0.1) is 0 Å². The summed E-state index contributed by atoms with van der Waals surface area (Å²) in [5.74, 6) is -0.131. The van der Waals surface area contributed by atoms with E-state index in [4.69, 9.17) is 10.2 Å². The lowest BCUT2D eigenvalue weighted by atomic mass is 10.3. The summed E-state index contributed by atoms with van der Waals surface area (Å²) in [5.41, 5.74) is 5.18. The van der Waals surface area contributed by atoms with Crippen LogP contribution in [-0.4, -0.2) is 19.8 Å². The van der Waals surface area contributed by atoms with Crippen molar-refractivity contribution in [2.45, 2.75) is 11.4 Å². The highest BCUT2D eigenvalue weighted by atomic mass is 32.2. The van der Waals surface area contributed by atoms with Crippen LogP contribution in [0, 0.1) is 5.82 Å². The predicted molar refractivity (Wildman–Crippen MR) is 68.2 cm³/mol. The van der Waals surface area contributed by atoms with Crippen LogP contribution in [0.15, 0.2) is 45.9 Å². The number of furan rings is 1. The molecule has 0 unspecified atom stereocenters. The molecule has 19 heavy (non-hydrogen) atoms. The second-order valence-corrected chi connectivity index (χ2v) is 6.07. The van der Waals surface area contributed by atoms with E-state index >= 15 is 0 Å². The Morgan fingerprint density at radius 2 is 2.11 bits per heavy atom. The molecule has 5 nitrogen and oxygen atoms in total. The fraction of sp³-hybridized carbons (Fsp3) is 0.167. The molecule has 0 aliphatic heterocycles. The highest BCUT2D eigenvalue weighted by molar-refractivity contribution is 7.89. The number of rotatable bonds is 4. The molecule has 0 bridgehead atoms. The largest absolute Gasteiger partial charge is 0.468 e. The monoisotopic (exact) mass is 284 g/mol. The van der Waals surface area contributed by atoms with Crippen LogP contribution in [0.1, 0.15) is 5.76 Å². The van der Waals surface area contributed by atoms with Gasteiger partial charge in [0.15, 0.2) is 0 Å². The van der Waals surface area contributed by atoms with Crippen LogP contribution in [0.5, 0.6) is 0 Å². The third kappa shape index (κ3) is 2.77. The minimum absolute atomic E-state index is 0.0551. The number of hydrogen-bond acceptors (Lipinski definition) is 4. The van der Waals surface area contributed by atoms with Gasteiger partial charge in [-0.1, -0.05) is 0 Å². The average molecular weight is 284 g/mol. The van der Waals surface area contributed by atoms with E-state index in [-0.39, 0.29) is 17.1 Å². The van der Waals surface area contributed by atoms with E-state index in [0.29, 0.717) is 5.76 Å². The van der Waals surface area contributed by atoms with Crippen LogP contribution in [-0.2, 0) is 16.6 Å². The van der Waals surface area contributed by atoms with Gasteiger partial charge < -0.3 is 10.2 Å². The van der Waals surface area contributed by atoms with Crippen molar-refractivity contribution in [1.82, 2.24) is 4.31 Å². The fourth-order valence-corrected chi connectivity index (χ4v) is 2.74. The lowest BCUT2D eigenvalue weighted by molar-refractivity contribution is 0.406. The Bertz CT molecular complexity index is 668. The Morgan fingerprint density at radius 3 is 2.68 bits per heavy atom. The first-order chi connectivity index (χ1) is 8.91. The summed E-state index contributed by atoms with van der Waals surface area (Å²) in [6, 6.07) is 6.66. The van der Waals surface area contributed by atoms with E-state index < -0.39 is 15.8 Å². The molecule has 1 aromatic heterocycles. The maximum absolute atomic E-state index is 13.0. The number of sulfonamides is 1. The van der Waals surface area contributed by atoms with E-state index in [1.807, 2.05) is 0 Å². The van der Waals surface area contributed by atoms with E-state index in [1.54, 1.807) is 12.1 Å². The molecule has 2 rings (SSSR count). The highest BCUT2D eigenvalue weighted by Gasteiger charge is 2.22. The average Bonchev–Trinajstić information content (AvgIpc) is 2.85. The van der Waals surface area contributed by atoms with Crippen LogP contribution in [0.3, 0.4) is 0 Å². The van der Waals surface area contributed by atoms with E-state index in [1.165, 1.54) is 19.4 Å². The van der Waals surface area contributed by atoms with Crippen LogP contribution in [0.25, 0.3) is 0 Å². The van der Waals surface area contributed by atoms with Gasteiger partial charge in [0.25, 0.3) is 0 Å². The van der Waals surface area contributed by atoms with Crippen LogP contribution in [0.4, 0.5) is 10.1 Å². The first-order valence-electron chi connectivity index (χ1n) is 5.45. The van der Waals surface area contributed by atoms with Crippen molar-refractivity contribution in [2.75, 3.05) is 12.8 Å². The van der Waals surface area contributed by atoms with Crippen LogP contribution < -0.4 is 5.73 Å². The standard InChI is InChI=1S/C12H13FN2O3S/c1-15(8-9-3-2-6-18-9)19(16,17)10-4-5-11(13)12(14)7-10/h2-7H,8,14H2,1H3. The maximum Gasteiger partial charge on any atom is 0.243 e. The molecule has 2 N–H and O–H groups in total. The number of halogens is 1. The molecule has 0 fully saturated rings. The molecular formula is C12H13FN2O3S. The Hall–Kier alpha value is -1.86. The molecule has 1 heterocycles. The van der Waals surface area contributed by atoms with Gasteiger partial charge >= 0.3 is 0 Å². The Labute approximate surface area is 110 Å². The quantitative estimate of drug-likeness (QED) is 0.869. The molecule has 1 aromatic carbocycles. The normalized spacial score (nSPS) is 11.9. The van der Waals surface area contributed by atoms with Crippen molar-refractivity contribution in [2.24, 2.45) is 0 Å². The van der Waals surface area contributed by atoms with Gasteiger partial charge in [0.2, 0.25) is 10.0 Å². The second kappa shape index (κ2) is 5.02. The third-order valence-electron chi connectivity index (χ3n) is 2.63. The highest BCUT2D eigenvalue weighted by Crippen LogP contribution is 2.20. The summed E-state index contributed by atoms with van der Waals surface area (Å²) in [6.07, 6.45) is 1.46. The molecule has 7 heteroatoms. The van der Waals surface area contributed by atoms with Crippen molar-refractivity contribution in [3.05, 3.63) is 48.2 Å². The van der Waals surface area contributed by atoms with Crippen LogP contribution >= 0.6 is 0 Å². The van der Waals surface area contributed by atoms with Crippen molar-refractivity contribution in [1.29, 1.82) is 0 Å². The first kappa shape index (κ1) is 13.6. The Morgan fingerprint density at radius 1 is 1.37 bits per heavy atom. The van der Waals surface area contributed by atoms with Gasteiger partial charge in [0, 0.05) is 7.05 Å². The number of hydrogen-bond donors (Lipinski definition) is 1. The first-order valence-corrected chi connectivity index (χ1v) is 6.89. The molecule has 102 valence electrons. The number of nitrogens with zero attached hydrogens (tertiary/aromatic N) is 1. The molecule has 2 aromatic rings. The molecule has 0 saturated heterocycles. The number of benzene rings is 1. The molecule has 0 aliphatic rings. The predicted octanol–water partition coefficient (Wildman–Crippen LogP) is 1.82.